The van der Waals surface area contributed by atoms with Crippen molar-refractivity contribution in [2.45, 2.75) is 32.4 Å². The van der Waals surface area contributed by atoms with E-state index < -0.39 is 0 Å². The van der Waals surface area contributed by atoms with Crippen molar-refractivity contribution in [3.8, 4) is 0 Å². The van der Waals surface area contributed by atoms with Gasteiger partial charge in [-0.2, -0.15) is 5.10 Å². The molecule has 1 atom stereocenters. The zero-order valence-electron chi connectivity index (χ0n) is 13.6. The number of rotatable bonds is 5. The van der Waals surface area contributed by atoms with Crippen LogP contribution in [-0.2, 0) is 6.54 Å². The summed E-state index contributed by atoms with van der Waals surface area (Å²) in [6.45, 7) is 6.74. The lowest BCUT2D eigenvalue weighted by atomic mass is 10.2. The highest BCUT2D eigenvalue weighted by molar-refractivity contribution is 5.93. The van der Waals surface area contributed by atoms with Crippen LogP contribution in [0.1, 0.15) is 30.1 Å². The molecule has 3 rings (SSSR count). The van der Waals surface area contributed by atoms with Gasteiger partial charge in [-0.3, -0.25) is 14.4 Å². The highest BCUT2D eigenvalue weighted by Gasteiger charge is 2.23. The van der Waals surface area contributed by atoms with Crippen molar-refractivity contribution >= 4 is 5.91 Å². The molecular formula is C17H24N4O2. The van der Waals surface area contributed by atoms with Gasteiger partial charge in [0.1, 0.15) is 6.26 Å². The van der Waals surface area contributed by atoms with Crippen LogP contribution in [0.5, 0.6) is 0 Å². The van der Waals surface area contributed by atoms with Crippen molar-refractivity contribution in [1.82, 2.24) is 19.6 Å². The zero-order valence-corrected chi connectivity index (χ0v) is 13.6. The molecule has 0 unspecified atom stereocenters. The summed E-state index contributed by atoms with van der Waals surface area (Å²) in [7, 11) is 0. The molecule has 23 heavy (non-hydrogen) atoms. The first-order chi connectivity index (χ1) is 11.2. The number of hydrogen-bond donors (Lipinski definition) is 0. The second-order valence-corrected chi connectivity index (χ2v) is 6.10. The molecule has 1 saturated heterocycles. The van der Waals surface area contributed by atoms with E-state index in [1.807, 2.05) is 28.0 Å². The Morgan fingerprint density at radius 2 is 2.26 bits per heavy atom. The normalized spacial score (nSPS) is 17.9. The van der Waals surface area contributed by atoms with Crippen LogP contribution in [0.3, 0.4) is 0 Å². The SMILES string of the molecule is C[C@@H](CCn1cccn1)N1CCCN(C(=O)c2ccoc2)CC1. The fourth-order valence-corrected chi connectivity index (χ4v) is 3.08. The highest BCUT2D eigenvalue weighted by atomic mass is 16.3. The van der Waals surface area contributed by atoms with Gasteiger partial charge >= 0.3 is 0 Å². The molecule has 0 bridgehead atoms. The van der Waals surface area contributed by atoms with Crippen LogP contribution in [0.4, 0.5) is 0 Å². The van der Waals surface area contributed by atoms with Crippen LogP contribution in [-0.4, -0.2) is 57.7 Å². The molecule has 1 aliphatic heterocycles. The van der Waals surface area contributed by atoms with Crippen LogP contribution in [0.2, 0.25) is 0 Å². The summed E-state index contributed by atoms with van der Waals surface area (Å²) >= 11 is 0. The smallest absolute Gasteiger partial charge is 0.257 e. The Balaban J connectivity index is 1.50. The number of aryl methyl sites for hydroxylation is 1. The van der Waals surface area contributed by atoms with Gasteiger partial charge in [0.25, 0.3) is 5.91 Å². The molecule has 3 heterocycles. The van der Waals surface area contributed by atoms with Gasteiger partial charge in [0.15, 0.2) is 0 Å². The van der Waals surface area contributed by atoms with Crippen LogP contribution >= 0.6 is 0 Å². The summed E-state index contributed by atoms with van der Waals surface area (Å²) in [5.74, 6) is 0.0739. The average Bonchev–Trinajstić information content (AvgIpc) is 3.22. The van der Waals surface area contributed by atoms with E-state index in [1.165, 1.54) is 6.26 Å². The van der Waals surface area contributed by atoms with Crippen molar-refractivity contribution in [3.63, 3.8) is 0 Å². The summed E-state index contributed by atoms with van der Waals surface area (Å²) in [5.41, 5.74) is 0.644. The molecule has 0 aliphatic carbocycles. The first kappa shape index (κ1) is 15.8. The number of nitrogens with zero attached hydrogens (tertiary/aromatic N) is 4. The molecule has 6 heteroatoms. The third-order valence-electron chi connectivity index (χ3n) is 4.54. The van der Waals surface area contributed by atoms with Gasteiger partial charge < -0.3 is 9.32 Å². The number of carbonyl (C=O) groups excluding carboxylic acids is 1. The van der Waals surface area contributed by atoms with Crippen LogP contribution in [0.15, 0.2) is 41.5 Å². The summed E-state index contributed by atoms with van der Waals surface area (Å²) in [6, 6.07) is 4.18. The zero-order chi connectivity index (χ0) is 16.1. The third-order valence-corrected chi connectivity index (χ3v) is 4.54. The molecule has 0 aromatic carbocycles. The van der Waals surface area contributed by atoms with Crippen molar-refractivity contribution in [2.24, 2.45) is 0 Å². The fraction of sp³-hybridized carbons (Fsp3) is 0.529. The topological polar surface area (TPSA) is 54.5 Å². The van der Waals surface area contributed by atoms with Gasteiger partial charge in [0.05, 0.1) is 11.8 Å². The Bertz CT molecular complexity index is 594. The standard InChI is InChI=1S/C17H24N4O2/c1-15(4-10-21-9-2-6-18-21)19-7-3-8-20(12-11-19)17(22)16-5-13-23-14-16/h2,5-6,9,13-15H,3-4,7-8,10-12H2,1H3/t15-/m0/s1. The summed E-state index contributed by atoms with van der Waals surface area (Å²) in [6.07, 6.45) is 8.97. The maximum Gasteiger partial charge on any atom is 0.257 e. The molecule has 0 spiro atoms. The predicted octanol–water partition coefficient (Wildman–Crippen LogP) is 2.10. The van der Waals surface area contributed by atoms with Gasteiger partial charge in [0, 0.05) is 51.2 Å². The molecule has 2 aromatic heterocycles. The van der Waals surface area contributed by atoms with Gasteiger partial charge in [-0.25, -0.2) is 0 Å². The lowest BCUT2D eigenvalue weighted by Crippen LogP contribution is -2.38. The number of furan rings is 1. The highest BCUT2D eigenvalue weighted by Crippen LogP contribution is 2.13. The number of amides is 1. The van der Waals surface area contributed by atoms with E-state index in [-0.39, 0.29) is 5.91 Å². The van der Waals surface area contributed by atoms with E-state index in [2.05, 4.69) is 16.9 Å². The molecule has 1 amide bonds. The lowest BCUT2D eigenvalue weighted by molar-refractivity contribution is 0.0757. The lowest BCUT2D eigenvalue weighted by Gasteiger charge is -2.27. The van der Waals surface area contributed by atoms with Gasteiger partial charge in [0.2, 0.25) is 0 Å². The van der Waals surface area contributed by atoms with Crippen LogP contribution < -0.4 is 0 Å². The van der Waals surface area contributed by atoms with Crippen LogP contribution in [0.25, 0.3) is 0 Å². The molecular weight excluding hydrogens is 292 g/mol. The summed E-state index contributed by atoms with van der Waals surface area (Å²) in [4.78, 5) is 16.8. The minimum Gasteiger partial charge on any atom is -0.472 e. The maximum atomic E-state index is 12.4. The summed E-state index contributed by atoms with van der Waals surface area (Å²) < 4.78 is 6.99. The van der Waals surface area contributed by atoms with Crippen molar-refractivity contribution in [2.75, 3.05) is 26.2 Å². The predicted molar refractivity (Wildman–Crippen MR) is 87.1 cm³/mol. The van der Waals surface area contributed by atoms with E-state index in [0.717, 1.165) is 45.6 Å². The molecule has 124 valence electrons. The van der Waals surface area contributed by atoms with Gasteiger partial charge in [-0.15, -0.1) is 0 Å². The van der Waals surface area contributed by atoms with Gasteiger partial charge in [-0.1, -0.05) is 0 Å². The molecule has 1 aliphatic rings. The monoisotopic (exact) mass is 316 g/mol. The fourth-order valence-electron chi connectivity index (χ4n) is 3.08. The molecule has 6 nitrogen and oxygen atoms in total. The number of carbonyl (C=O) groups is 1. The van der Waals surface area contributed by atoms with Crippen molar-refractivity contribution in [1.29, 1.82) is 0 Å². The third kappa shape index (κ3) is 4.01. The van der Waals surface area contributed by atoms with Crippen LogP contribution in [0, 0.1) is 0 Å². The Kier molecular flexibility index (Phi) is 5.12. The molecule has 0 radical (unpaired) electrons. The number of aromatic nitrogens is 2. The van der Waals surface area contributed by atoms with E-state index in [1.54, 1.807) is 12.3 Å². The molecule has 0 N–H and O–H groups in total. The van der Waals surface area contributed by atoms with Gasteiger partial charge in [-0.05, 0) is 31.9 Å². The molecule has 1 fully saturated rings. The molecule has 0 saturated carbocycles. The Hall–Kier alpha value is -2.08. The van der Waals surface area contributed by atoms with E-state index >= 15 is 0 Å². The first-order valence-electron chi connectivity index (χ1n) is 8.27. The quantitative estimate of drug-likeness (QED) is 0.848. The Morgan fingerprint density at radius 3 is 3.00 bits per heavy atom. The van der Waals surface area contributed by atoms with Crippen molar-refractivity contribution < 1.29 is 9.21 Å². The van der Waals surface area contributed by atoms with E-state index in [9.17, 15) is 4.79 Å². The minimum absolute atomic E-state index is 0.0739. The van der Waals surface area contributed by atoms with Crippen molar-refractivity contribution in [3.05, 3.63) is 42.6 Å². The summed E-state index contributed by atoms with van der Waals surface area (Å²) in [5, 5.41) is 4.25. The number of hydrogen-bond acceptors (Lipinski definition) is 4. The second kappa shape index (κ2) is 7.46. The maximum absolute atomic E-state index is 12.4. The molecule has 2 aromatic rings. The minimum atomic E-state index is 0.0739. The van der Waals surface area contributed by atoms with E-state index in [0.29, 0.717) is 11.6 Å². The van der Waals surface area contributed by atoms with E-state index in [4.69, 9.17) is 4.42 Å². The Labute approximate surface area is 136 Å². The first-order valence-corrected chi connectivity index (χ1v) is 8.27. The second-order valence-electron chi connectivity index (χ2n) is 6.10. The average molecular weight is 316 g/mol. The largest absolute Gasteiger partial charge is 0.472 e. The Morgan fingerprint density at radius 1 is 1.35 bits per heavy atom.